The molecule has 0 atom stereocenters. The quantitative estimate of drug-likeness (QED) is 0.337. The van der Waals surface area contributed by atoms with Crippen LogP contribution >= 0.6 is 0 Å². The zero-order valence-electron chi connectivity index (χ0n) is 17.6. The third kappa shape index (κ3) is 5.68. The maximum absolute atomic E-state index is 12.1. The molecule has 1 N–H and O–H groups in total. The maximum Gasteiger partial charge on any atom is 0.277 e. The Morgan fingerprint density at radius 1 is 1.12 bits per heavy atom. The fraction of sp³-hybridized carbons (Fsp3) is 0.0800. The lowest BCUT2D eigenvalue weighted by Crippen LogP contribution is -2.24. The Kier molecular flexibility index (Phi) is 6.83. The molecule has 0 radical (unpaired) electrons. The van der Waals surface area contributed by atoms with Crippen molar-refractivity contribution in [3.8, 4) is 23.1 Å². The Labute approximate surface area is 190 Å². The molecule has 1 amide bonds. The summed E-state index contributed by atoms with van der Waals surface area (Å²) in [7, 11) is 0. The number of nitriles is 1. The minimum Gasteiger partial charge on any atom is -0.482 e. The molecule has 0 unspecified atom stereocenters. The predicted molar refractivity (Wildman–Crippen MR) is 123 cm³/mol. The first-order valence-electron chi connectivity index (χ1n) is 10.2. The van der Waals surface area contributed by atoms with E-state index in [1.165, 1.54) is 6.21 Å². The SMILES string of the molecule is N#Cc1ccccc1OCC(=O)N/N=C/c1cn(Cc2ccccc2)nc1-c1cccnc1. The summed E-state index contributed by atoms with van der Waals surface area (Å²) in [6.07, 6.45) is 6.83. The molecule has 2 heterocycles. The molecule has 2 aromatic heterocycles. The van der Waals surface area contributed by atoms with Crippen LogP contribution in [0.4, 0.5) is 0 Å². The van der Waals surface area contributed by atoms with Gasteiger partial charge in [-0.15, -0.1) is 0 Å². The summed E-state index contributed by atoms with van der Waals surface area (Å²) in [5, 5.41) is 17.8. The second-order valence-electron chi connectivity index (χ2n) is 7.05. The first-order valence-corrected chi connectivity index (χ1v) is 10.2. The van der Waals surface area contributed by atoms with E-state index in [4.69, 9.17) is 10.00 Å². The standard InChI is InChI=1S/C25H20N6O2/c26-13-20-9-4-5-11-23(20)33-18-24(32)29-28-15-22-17-31(16-19-7-2-1-3-8-19)30-25(22)21-10-6-12-27-14-21/h1-12,14-15,17H,16,18H2,(H,29,32)/b28-15+. The normalized spacial score (nSPS) is 10.6. The molecule has 4 rings (SSSR count). The molecule has 162 valence electrons. The fourth-order valence-corrected chi connectivity index (χ4v) is 3.14. The largest absolute Gasteiger partial charge is 0.482 e. The number of pyridine rings is 1. The molecule has 0 saturated carbocycles. The molecule has 2 aromatic carbocycles. The molecule has 8 nitrogen and oxygen atoms in total. The van der Waals surface area contributed by atoms with Gasteiger partial charge in [-0.25, -0.2) is 5.43 Å². The van der Waals surface area contributed by atoms with E-state index in [-0.39, 0.29) is 6.61 Å². The first-order chi connectivity index (χ1) is 16.2. The molecule has 0 aliphatic rings. The highest BCUT2D eigenvalue weighted by molar-refractivity contribution is 5.89. The van der Waals surface area contributed by atoms with Gasteiger partial charge in [0.2, 0.25) is 0 Å². The van der Waals surface area contributed by atoms with Crippen LogP contribution < -0.4 is 10.2 Å². The molecule has 8 heteroatoms. The Morgan fingerprint density at radius 2 is 1.94 bits per heavy atom. The van der Waals surface area contributed by atoms with Gasteiger partial charge in [0, 0.05) is 29.7 Å². The molecular weight excluding hydrogens is 416 g/mol. The van der Waals surface area contributed by atoms with Crippen LogP contribution in [0.5, 0.6) is 5.75 Å². The van der Waals surface area contributed by atoms with Crippen molar-refractivity contribution < 1.29 is 9.53 Å². The summed E-state index contributed by atoms with van der Waals surface area (Å²) in [5.41, 5.74) is 6.20. The third-order valence-electron chi connectivity index (χ3n) is 4.67. The second-order valence-corrected chi connectivity index (χ2v) is 7.05. The van der Waals surface area contributed by atoms with Crippen LogP contribution in [0.15, 0.2) is 90.4 Å². The summed E-state index contributed by atoms with van der Waals surface area (Å²) in [4.78, 5) is 16.3. The summed E-state index contributed by atoms with van der Waals surface area (Å²) < 4.78 is 7.25. The molecule has 33 heavy (non-hydrogen) atoms. The smallest absolute Gasteiger partial charge is 0.277 e. The van der Waals surface area contributed by atoms with Gasteiger partial charge in [-0.1, -0.05) is 42.5 Å². The number of carbonyl (C=O) groups excluding carboxylic acids is 1. The van der Waals surface area contributed by atoms with Crippen molar-refractivity contribution in [1.29, 1.82) is 5.26 Å². The Bertz CT molecular complexity index is 1290. The highest BCUT2D eigenvalue weighted by Gasteiger charge is 2.11. The van der Waals surface area contributed by atoms with Gasteiger partial charge in [-0.3, -0.25) is 14.5 Å². The summed E-state index contributed by atoms with van der Waals surface area (Å²) >= 11 is 0. The van der Waals surface area contributed by atoms with E-state index >= 15 is 0 Å². The lowest BCUT2D eigenvalue weighted by molar-refractivity contribution is -0.123. The number of aromatic nitrogens is 3. The minimum absolute atomic E-state index is 0.265. The molecule has 0 aliphatic heterocycles. The van der Waals surface area contributed by atoms with Crippen molar-refractivity contribution in [2.24, 2.45) is 5.10 Å². The maximum atomic E-state index is 12.1. The van der Waals surface area contributed by atoms with Gasteiger partial charge >= 0.3 is 0 Å². The molecule has 4 aromatic rings. The lowest BCUT2D eigenvalue weighted by atomic mass is 10.1. The highest BCUT2D eigenvalue weighted by Crippen LogP contribution is 2.20. The van der Waals surface area contributed by atoms with E-state index in [2.05, 4.69) is 20.6 Å². The number of para-hydroxylation sites is 1. The number of carbonyl (C=O) groups is 1. The van der Waals surface area contributed by atoms with Crippen LogP contribution in [0, 0.1) is 11.3 Å². The van der Waals surface area contributed by atoms with E-state index < -0.39 is 5.91 Å². The van der Waals surface area contributed by atoms with E-state index in [1.54, 1.807) is 36.7 Å². The minimum atomic E-state index is -0.446. The molecule has 0 bridgehead atoms. The van der Waals surface area contributed by atoms with Crippen molar-refractivity contribution in [1.82, 2.24) is 20.2 Å². The van der Waals surface area contributed by atoms with Gasteiger partial charge in [0.1, 0.15) is 17.5 Å². The van der Waals surface area contributed by atoms with Gasteiger partial charge in [-0.2, -0.15) is 15.5 Å². The van der Waals surface area contributed by atoms with Crippen molar-refractivity contribution in [3.63, 3.8) is 0 Å². The van der Waals surface area contributed by atoms with Crippen LogP contribution in [0.2, 0.25) is 0 Å². The fourth-order valence-electron chi connectivity index (χ4n) is 3.14. The van der Waals surface area contributed by atoms with Crippen molar-refractivity contribution in [2.45, 2.75) is 6.54 Å². The molecule has 0 fully saturated rings. The van der Waals surface area contributed by atoms with E-state index in [1.807, 2.05) is 59.4 Å². The van der Waals surface area contributed by atoms with Gasteiger partial charge < -0.3 is 4.74 Å². The summed E-state index contributed by atoms with van der Waals surface area (Å²) in [5.74, 6) is -0.0984. The van der Waals surface area contributed by atoms with Crippen LogP contribution in [0.3, 0.4) is 0 Å². The molecule has 0 spiro atoms. The van der Waals surface area contributed by atoms with Gasteiger partial charge in [0.25, 0.3) is 5.91 Å². The van der Waals surface area contributed by atoms with Gasteiger partial charge in [0.15, 0.2) is 6.61 Å². The number of ether oxygens (including phenoxy) is 1. The number of nitrogens with zero attached hydrogens (tertiary/aromatic N) is 5. The number of hydrogen-bond donors (Lipinski definition) is 1. The zero-order valence-corrected chi connectivity index (χ0v) is 17.6. The van der Waals surface area contributed by atoms with Crippen molar-refractivity contribution in [2.75, 3.05) is 6.61 Å². The van der Waals surface area contributed by atoms with Gasteiger partial charge in [0.05, 0.1) is 18.3 Å². The summed E-state index contributed by atoms with van der Waals surface area (Å²) in [6.45, 7) is 0.333. The summed E-state index contributed by atoms with van der Waals surface area (Å²) in [6, 6.07) is 22.5. The topological polar surface area (TPSA) is 105 Å². The van der Waals surface area contributed by atoms with Crippen LogP contribution in [0.25, 0.3) is 11.3 Å². The predicted octanol–water partition coefficient (Wildman–Crippen LogP) is 3.39. The molecule has 0 aliphatic carbocycles. The Hall–Kier alpha value is -4.77. The van der Waals surface area contributed by atoms with Crippen molar-refractivity contribution in [3.05, 3.63) is 102 Å². The molecule has 0 saturated heterocycles. The van der Waals surface area contributed by atoms with Crippen LogP contribution in [-0.4, -0.2) is 33.5 Å². The second kappa shape index (κ2) is 10.5. The monoisotopic (exact) mass is 436 g/mol. The van der Waals surface area contributed by atoms with Gasteiger partial charge in [-0.05, 0) is 29.8 Å². The molecular formula is C25H20N6O2. The Balaban J connectivity index is 1.45. The Morgan fingerprint density at radius 3 is 2.73 bits per heavy atom. The van der Waals surface area contributed by atoms with Crippen LogP contribution in [-0.2, 0) is 11.3 Å². The van der Waals surface area contributed by atoms with E-state index in [0.717, 1.165) is 16.7 Å². The zero-order chi connectivity index (χ0) is 22.9. The van der Waals surface area contributed by atoms with Crippen molar-refractivity contribution >= 4 is 12.1 Å². The number of benzene rings is 2. The number of hydrogen-bond acceptors (Lipinski definition) is 6. The lowest BCUT2D eigenvalue weighted by Gasteiger charge is -2.06. The number of rotatable bonds is 8. The van der Waals surface area contributed by atoms with E-state index in [0.29, 0.717) is 23.6 Å². The average Bonchev–Trinajstić information content (AvgIpc) is 3.26. The number of hydrazone groups is 1. The van der Waals surface area contributed by atoms with E-state index in [9.17, 15) is 4.79 Å². The third-order valence-corrected chi connectivity index (χ3v) is 4.67. The average molecular weight is 436 g/mol. The van der Waals surface area contributed by atoms with Crippen LogP contribution in [0.1, 0.15) is 16.7 Å². The highest BCUT2D eigenvalue weighted by atomic mass is 16.5. The number of amides is 1. The first kappa shape index (κ1) is 21.5. The number of nitrogens with one attached hydrogen (secondary N) is 1.